The van der Waals surface area contributed by atoms with Gasteiger partial charge in [-0.25, -0.2) is 20.9 Å². The first-order chi connectivity index (χ1) is 17.9. The Labute approximate surface area is 218 Å². The summed E-state index contributed by atoms with van der Waals surface area (Å²) in [6, 6.07) is 4.70. The predicted molar refractivity (Wildman–Crippen MR) is 133 cm³/mol. The molecule has 2 aromatic heterocycles. The van der Waals surface area contributed by atoms with Gasteiger partial charge in [-0.3, -0.25) is 0 Å². The molecule has 0 amide bonds. The van der Waals surface area contributed by atoms with Crippen LogP contribution < -0.4 is 10.1 Å². The lowest BCUT2D eigenvalue weighted by atomic mass is 9.91. The van der Waals surface area contributed by atoms with Crippen LogP contribution in [0.4, 0.5) is 19.0 Å². The summed E-state index contributed by atoms with van der Waals surface area (Å²) >= 11 is 0. The molecule has 0 spiro atoms. The predicted octanol–water partition coefficient (Wildman–Crippen LogP) is 5.19. The van der Waals surface area contributed by atoms with Crippen molar-refractivity contribution in [1.29, 1.82) is 0 Å². The van der Waals surface area contributed by atoms with E-state index in [1.807, 2.05) is 0 Å². The van der Waals surface area contributed by atoms with E-state index in [9.17, 15) is 13.9 Å². The van der Waals surface area contributed by atoms with Crippen molar-refractivity contribution in [3.05, 3.63) is 64.0 Å². The average molecular weight is 528 g/mol. The average Bonchev–Trinajstić information content (AvgIpc) is 3.61. The minimum absolute atomic E-state index is 0.0196. The van der Waals surface area contributed by atoms with Crippen LogP contribution in [0.25, 0.3) is 15.9 Å². The monoisotopic (exact) mass is 527 g/mol. The first-order valence-corrected chi connectivity index (χ1v) is 12.3. The standard InChI is InChI=1S/C27H28F3N5O3/c1-14(17-7-6-8-19(21(17)28)27(29,30)25(3,4)36)32-22-18-11-20(26(31-5)9-10-26)24(38-16-12-37-13-16)35-23(18)34-15(2)33-22/h6-8,11,14,16,36H,9-10,12-13H2,1-4H3,(H,32,33,34,35)/t14-/m1/s1. The molecule has 2 fully saturated rings. The normalized spacial score (nSPS) is 18.0. The molecule has 8 nitrogen and oxygen atoms in total. The highest BCUT2D eigenvalue weighted by Crippen LogP contribution is 2.53. The van der Waals surface area contributed by atoms with Crippen LogP contribution in [-0.4, -0.2) is 45.0 Å². The number of nitrogens with one attached hydrogen (secondary N) is 1. The van der Waals surface area contributed by atoms with Crippen LogP contribution in [-0.2, 0) is 16.2 Å². The van der Waals surface area contributed by atoms with Crippen LogP contribution in [0, 0.1) is 19.3 Å². The Balaban J connectivity index is 1.56. The van der Waals surface area contributed by atoms with Gasteiger partial charge in [0.25, 0.3) is 5.54 Å². The third-order valence-corrected chi connectivity index (χ3v) is 7.04. The van der Waals surface area contributed by atoms with E-state index in [1.165, 1.54) is 12.1 Å². The number of rotatable bonds is 8. The molecule has 0 unspecified atom stereocenters. The molecule has 200 valence electrons. The van der Waals surface area contributed by atoms with E-state index in [1.54, 1.807) is 19.9 Å². The van der Waals surface area contributed by atoms with E-state index in [-0.39, 0.29) is 11.7 Å². The summed E-state index contributed by atoms with van der Waals surface area (Å²) in [5.41, 5.74) is -3.15. The van der Waals surface area contributed by atoms with Gasteiger partial charge in [-0.2, -0.15) is 13.8 Å². The lowest BCUT2D eigenvalue weighted by molar-refractivity contribution is -0.170. The fraction of sp³-hybridized carbons (Fsp3) is 0.481. The van der Waals surface area contributed by atoms with Crippen LogP contribution in [0.2, 0.25) is 0 Å². The number of aromatic nitrogens is 3. The number of aliphatic hydroxyl groups is 1. The van der Waals surface area contributed by atoms with Crippen molar-refractivity contribution < 1.29 is 27.8 Å². The SMILES string of the molecule is [C-]#[N+]C1(c2cc3c(N[C@H](C)c4cccc(C(F)(F)C(C)(C)O)c4F)nc(C)nc3nc2OC2COC2)CC1. The molecule has 3 aromatic rings. The summed E-state index contributed by atoms with van der Waals surface area (Å²) in [5, 5.41) is 13.6. The molecule has 1 atom stereocenters. The Morgan fingerprint density at radius 3 is 2.53 bits per heavy atom. The number of nitrogens with zero attached hydrogens (tertiary/aromatic N) is 4. The number of anilines is 1. The summed E-state index contributed by atoms with van der Waals surface area (Å²) in [7, 11) is 0. The number of ether oxygens (including phenoxy) is 2. The molecule has 1 aromatic carbocycles. The lowest BCUT2D eigenvalue weighted by Gasteiger charge is -2.30. The number of benzene rings is 1. The van der Waals surface area contributed by atoms with Crippen molar-refractivity contribution in [3.8, 4) is 5.88 Å². The van der Waals surface area contributed by atoms with Crippen LogP contribution in [0.5, 0.6) is 5.88 Å². The second kappa shape index (κ2) is 9.06. The lowest BCUT2D eigenvalue weighted by Crippen LogP contribution is -2.41. The maximum absolute atomic E-state index is 15.4. The highest BCUT2D eigenvalue weighted by molar-refractivity contribution is 5.88. The van der Waals surface area contributed by atoms with Crippen molar-refractivity contribution >= 4 is 16.9 Å². The Morgan fingerprint density at radius 2 is 1.95 bits per heavy atom. The number of hydrogen-bond acceptors (Lipinski definition) is 7. The van der Waals surface area contributed by atoms with Crippen LogP contribution in [0.1, 0.15) is 62.2 Å². The molecular formula is C27H28F3N5O3. The van der Waals surface area contributed by atoms with Crippen molar-refractivity contribution in [3.63, 3.8) is 0 Å². The molecule has 11 heteroatoms. The summed E-state index contributed by atoms with van der Waals surface area (Å²) in [5.74, 6) is -3.88. The van der Waals surface area contributed by atoms with Gasteiger partial charge in [0.1, 0.15) is 29.2 Å². The van der Waals surface area contributed by atoms with E-state index in [0.29, 0.717) is 60.2 Å². The minimum Gasteiger partial charge on any atom is -0.469 e. The molecule has 0 bridgehead atoms. The van der Waals surface area contributed by atoms with Gasteiger partial charge in [-0.05, 0) is 39.8 Å². The Bertz CT molecular complexity index is 1440. The molecule has 1 aliphatic heterocycles. The highest BCUT2D eigenvalue weighted by Gasteiger charge is 2.55. The van der Waals surface area contributed by atoms with Gasteiger partial charge in [0.15, 0.2) is 5.65 Å². The molecule has 0 radical (unpaired) electrons. The summed E-state index contributed by atoms with van der Waals surface area (Å²) in [6.07, 6.45) is 1.18. The number of aryl methyl sites for hydroxylation is 1. The first-order valence-electron chi connectivity index (χ1n) is 12.3. The van der Waals surface area contributed by atoms with Gasteiger partial charge >= 0.3 is 5.92 Å². The molecule has 1 saturated heterocycles. The summed E-state index contributed by atoms with van der Waals surface area (Å²) in [6.45, 7) is 13.8. The van der Waals surface area contributed by atoms with Crippen molar-refractivity contribution in [1.82, 2.24) is 15.0 Å². The van der Waals surface area contributed by atoms with Crippen molar-refractivity contribution in [2.45, 2.75) is 69.7 Å². The zero-order valence-electron chi connectivity index (χ0n) is 21.5. The zero-order chi connectivity index (χ0) is 27.5. The Hall–Kier alpha value is -3.49. The third kappa shape index (κ3) is 4.41. The molecule has 2 N–H and O–H groups in total. The molecular weight excluding hydrogens is 499 g/mol. The Morgan fingerprint density at radius 1 is 1.24 bits per heavy atom. The van der Waals surface area contributed by atoms with Gasteiger partial charge in [0, 0.05) is 18.4 Å². The molecule has 38 heavy (non-hydrogen) atoms. The van der Waals surface area contributed by atoms with E-state index < -0.39 is 34.5 Å². The maximum atomic E-state index is 15.4. The van der Waals surface area contributed by atoms with E-state index in [2.05, 4.69) is 25.1 Å². The number of hydrogen-bond donors (Lipinski definition) is 2. The molecule has 1 aliphatic carbocycles. The second-order valence-corrected chi connectivity index (χ2v) is 10.5. The highest BCUT2D eigenvalue weighted by atomic mass is 19.3. The van der Waals surface area contributed by atoms with Gasteiger partial charge in [0.05, 0.1) is 35.8 Å². The van der Waals surface area contributed by atoms with Crippen LogP contribution in [0.15, 0.2) is 24.3 Å². The molecule has 1 saturated carbocycles. The molecule has 5 rings (SSSR count). The third-order valence-electron chi connectivity index (χ3n) is 7.04. The second-order valence-electron chi connectivity index (χ2n) is 10.5. The number of halogens is 3. The van der Waals surface area contributed by atoms with E-state index in [0.717, 1.165) is 19.9 Å². The molecule has 2 aliphatic rings. The van der Waals surface area contributed by atoms with Crippen molar-refractivity contribution in [2.75, 3.05) is 18.5 Å². The first kappa shape index (κ1) is 26.1. The van der Waals surface area contributed by atoms with Crippen molar-refractivity contribution in [2.24, 2.45) is 0 Å². The molecule has 3 heterocycles. The van der Waals surface area contributed by atoms with E-state index >= 15 is 4.39 Å². The zero-order valence-corrected chi connectivity index (χ0v) is 21.5. The van der Waals surface area contributed by atoms with E-state index in [4.69, 9.17) is 16.0 Å². The number of fused-ring (bicyclic) bond motifs is 1. The van der Waals surface area contributed by atoms with Gasteiger partial charge < -0.3 is 24.7 Å². The maximum Gasteiger partial charge on any atom is 0.303 e. The van der Waals surface area contributed by atoms with Gasteiger partial charge in [-0.15, -0.1) is 0 Å². The Kier molecular flexibility index (Phi) is 6.23. The minimum atomic E-state index is -3.82. The van der Waals surface area contributed by atoms with Gasteiger partial charge in [0.2, 0.25) is 5.88 Å². The fourth-order valence-corrected chi connectivity index (χ4v) is 4.42. The van der Waals surface area contributed by atoms with Crippen LogP contribution in [0.3, 0.4) is 0 Å². The van der Waals surface area contributed by atoms with Gasteiger partial charge in [-0.1, -0.05) is 12.1 Å². The number of alkyl halides is 2. The smallest absolute Gasteiger partial charge is 0.303 e. The fourth-order valence-electron chi connectivity index (χ4n) is 4.42. The number of pyridine rings is 1. The topological polar surface area (TPSA) is 93.8 Å². The summed E-state index contributed by atoms with van der Waals surface area (Å²) < 4.78 is 56.3. The van der Waals surface area contributed by atoms with Crippen LogP contribution >= 0.6 is 0 Å². The largest absolute Gasteiger partial charge is 0.469 e. The summed E-state index contributed by atoms with van der Waals surface area (Å²) in [4.78, 5) is 17.4. The quantitative estimate of drug-likeness (QED) is 0.389.